The molecule has 0 unspecified atom stereocenters. The van der Waals surface area contributed by atoms with E-state index in [2.05, 4.69) is 118 Å². The van der Waals surface area contributed by atoms with Crippen molar-refractivity contribution in [3.05, 3.63) is 448 Å². The zero-order valence-electron chi connectivity index (χ0n) is 74.2. The quantitative estimate of drug-likeness (QED) is 0.0480. The van der Waals surface area contributed by atoms with Gasteiger partial charge in [-0.15, -0.1) is 0 Å². The molecule has 0 saturated heterocycles. The van der Waals surface area contributed by atoms with Gasteiger partial charge in [-0.1, -0.05) is 0 Å². The van der Waals surface area contributed by atoms with Crippen LogP contribution in [0.4, 0.5) is 0 Å². The molecule has 25 heteroatoms. The van der Waals surface area contributed by atoms with Gasteiger partial charge in [0.25, 0.3) is 0 Å². The number of hydrogen-bond acceptors (Lipinski definition) is 17. The molecule has 0 heterocycles. The van der Waals surface area contributed by atoms with Gasteiger partial charge in [-0.25, -0.2) is 0 Å². The average molecular weight is 2630 g/mol. The van der Waals surface area contributed by atoms with Crippen LogP contribution in [0.5, 0.6) is 17.2 Å². The number of carbonyl (C=O) groups excluding carboxylic acids is 7. The SMILES string of the molecule is CC(C)(C)c1ccc([I-]c2ccccc2C(=O)[O-])cc1.COc1ccc([I-]c2ccccc2C(=O)[O-])c(OC)c1.COc1ccc([I-]c2ccccc2C(=O)[O-])cc1.Cc1cc(C)c([I-]c2ccccc2C(=O)[O-])c(C)c1.Cc1cccc([I-]c2ccccc2)c1C(=O)[O-].O=C([O-])c1ccccc1[I-]c1ccc(Br)cc1.O=C([O-])c1ccccc1[I-]c1ccc(C2CCCCC2)cc1. The van der Waals surface area contributed by atoms with Crippen LogP contribution in [0.15, 0.2) is 326 Å². The molecule has 0 aliphatic heterocycles. The van der Waals surface area contributed by atoms with Gasteiger partial charge in [0.2, 0.25) is 0 Å². The van der Waals surface area contributed by atoms with E-state index in [1.807, 2.05) is 189 Å². The second-order valence-corrected chi connectivity index (χ2v) is 51.5. The number of carboxylic acid groups (broad SMARTS) is 7. The minimum absolute atomic E-state index is 0.139. The number of aromatic carboxylic acids is 7. The number of rotatable bonds is 25. The fourth-order valence-corrected chi connectivity index (χ4v) is 31.4. The summed E-state index contributed by atoms with van der Waals surface area (Å²) in [5.41, 5.74) is 9.60. The fourth-order valence-electron chi connectivity index (χ4n) is 13.0. The van der Waals surface area contributed by atoms with Crippen LogP contribution in [-0.2, 0) is 5.41 Å². The minimum atomic E-state index is -1.15. The molecule has 0 radical (unpaired) electrons. The second kappa shape index (κ2) is 54.8. The van der Waals surface area contributed by atoms with E-state index in [0.29, 0.717) is 44.9 Å². The molecule has 698 valence electrons. The first-order chi connectivity index (χ1) is 63.8. The normalized spacial score (nSPS) is 11.5. The molecule has 0 spiro atoms. The molecule has 14 aromatic carbocycles. The summed E-state index contributed by atoms with van der Waals surface area (Å²) in [5, 5.41) is 77.7. The van der Waals surface area contributed by atoms with Gasteiger partial charge in [0.05, 0.1) is 0 Å². The van der Waals surface area contributed by atoms with Crippen molar-refractivity contribution in [1.82, 2.24) is 0 Å². The molecule has 1 aliphatic carbocycles. The molecular formula is C108H94BrI7O17-14. The van der Waals surface area contributed by atoms with E-state index in [1.54, 1.807) is 100 Å². The van der Waals surface area contributed by atoms with E-state index in [-0.39, 0.29) is 11.0 Å². The van der Waals surface area contributed by atoms with Crippen LogP contribution in [-0.4, -0.2) is 63.1 Å². The number of hydrogen-bond donors (Lipinski definition) is 0. The molecule has 0 bridgehead atoms. The van der Waals surface area contributed by atoms with Crippen molar-refractivity contribution in [3.63, 3.8) is 0 Å². The molecule has 0 N–H and O–H groups in total. The Hall–Kier alpha value is -9.64. The Labute approximate surface area is 858 Å². The summed E-state index contributed by atoms with van der Waals surface area (Å²) in [6.07, 6.45) is 6.68. The summed E-state index contributed by atoms with van der Waals surface area (Å²) in [6.45, 7) is 14.6. The van der Waals surface area contributed by atoms with Gasteiger partial charge in [-0.3, -0.25) is 0 Å². The first-order valence-electron chi connectivity index (χ1n) is 41.4. The Balaban J connectivity index is 0.000000175. The Morgan fingerprint density at radius 3 is 0.992 bits per heavy atom. The first kappa shape index (κ1) is 107. The summed E-state index contributed by atoms with van der Waals surface area (Å²) in [6, 6.07) is 101. The molecule has 1 aliphatic rings. The van der Waals surface area contributed by atoms with Gasteiger partial charge in [-0.05, 0) is 0 Å². The van der Waals surface area contributed by atoms with Crippen LogP contribution in [0, 0.1) is 77.7 Å². The number of carboxylic acids is 7. The Morgan fingerprint density at radius 2 is 0.624 bits per heavy atom. The van der Waals surface area contributed by atoms with Crippen molar-refractivity contribution in [2.24, 2.45) is 0 Å². The van der Waals surface area contributed by atoms with Crippen molar-refractivity contribution < 1.29 is 232 Å². The summed E-state index contributed by atoms with van der Waals surface area (Å²) in [7, 11) is 4.80. The molecule has 0 atom stereocenters. The molecule has 1 saturated carbocycles. The molecule has 14 aromatic rings. The van der Waals surface area contributed by atoms with E-state index < -0.39 is 190 Å². The van der Waals surface area contributed by atoms with Crippen LogP contribution >= 0.6 is 15.9 Å². The Morgan fingerprint density at radius 1 is 0.301 bits per heavy atom. The van der Waals surface area contributed by atoms with Crippen molar-refractivity contribution >= 4 is 57.7 Å². The van der Waals surface area contributed by atoms with Crippen molar-refractivity contribution in [1.29, 1.82) is 0 Å². The van der Waals surface area contributed by atoms with Crippen molar-refractivity contribution in [2.75, 3.05) is 21.3 Å². The fraction of sp³-hybridized carbons (Fsp3) is 0.157. The first-order valence-corrected chi connectivity index (χ1v) is 57.3. The third kappa shape index (κ3) is 34.3. The predicted molar refractivity (Wildman–Crippen MR) is 473 cm³/mol. The molecule has 1 fully saturated rings. The zero-order chi connectivity index (χ0) is 96.1. The van der Waals surface area contributed by atoms with Crippen molar-refractivity contribution in [2.45, 2.75) is 91.9 Å². The van der Waals surface area contributed by atoms with Crippen LogP contribution in [0.3, 0.4) is 0 Å². The maximum absolute atomic E-state index is 11.2. The van der Waals surface area contributed by atoms with Crippen LogP contribution < -0.4 is 198 Å². The summed E-state index contributed by atoms with van der Waals surface area (Å²) >= 11 is -0.243. The molecule has 0 amide bonds. The number of benzene rings is 14. The summed E-state index contributed by atoms with van der Waals surface area (Å²) < 4.78 is 31.1. The molecule has 0 aromatic heterocycles. The summed E-state index contributed by atoms with van der Waals surface area (Å²) in [4.78, 5) is 77.7. The van der Waals surface area contributed by atoms with E-state index in [4.69, 9.17) is 14.2 Å². The molecule has 17 nitrogen and oxygen atoms in total. The standard InChI is InChI=1S/C19H20IO2.C17H18IO2.C16H16IO2.C15H14IO4.C14H12IO3.C14H12IO2.C13H9BrIO2/c21-19(22)17-8-4-5-9-18(17)20-16-12-10-15(11-13-16)14-6-2-1-3-7-14;1-17(2,3)12-8-10-13(11-9-12)18-15-7-5-4-6-14(15)16(19)20;1-10-8-11(2)15(12(3)9-10)17-14-7-5-4-6-13(14)16(18)19;1-19-10-7-8-13(14(9-10)20-2)16-12-6-4-3-5-11(12)15(17)18;1-18-11-8-6-10(7-9-11)15-13-5-3-2-4-12(13)14(16)17;1-10-6-5-9-12(13(10)14(16)17)15-11-7-3-2-4-8-11;14-9-5-7-10(8-6-9)15-12-4-2-1-3-11(12)13(16)17/h4-5,8-14H,1-3,6-7H2,(H,21,22);4-11H,1-3H3,(H,19,20);4-9H,1-3H3,(H,18,19);3-9H,1-2H3,(H,17,18);2-9H,1H3,(H,16,17);2-9H,1H3,(H,16,17);1-8H,(H,16,17)/q7*-1/p-7. The van der Waals surface area contributed by atoms with Crippen LogP contribution in [0.2, 0.25) is 0 Å². The van der Waals surface area contributed by atoms with E-state index in [0.717, 1.165) is 53.8 Å². The third-order valence-corrected chi connectivity index (χ3v) is 41.2. The number of ether oxygens (including phenoxy) is 3. The molecular weight excluding hydrogens is 2540 g/mol. The average Bonchev–Trinajstić information content (AvgIpc) is 0.833. The monoisotopic (exact) mass is 2630 g/mol. The zero-order valence-corrected chi connectivity index (χ0v) is 90.9. The van der Waals surface area contributed by atoms with Crippen LogP contribution in [0.25, 0.3) is 0 Å². The third-order valence-electron chi connectivity index (χ3n) is 19.6. The van der Waals surface area contributed by atoms with Gasteiger partial charge in [0.15, 0.2) is 0 Å². The second-order valence-electron chi connectivity index (χ2n) is 30.2. The molecule has 15 rings (SSSR count). The number of methoxy groups -OCH3 is 3. The number of halogens is 8. The topological polar surface area (TPSA) is 309 Å². The predicted octanol–water partition coefficient (Wildman–Crippen LogP) is -7.38. The Bertz CT molecular complexity index is 6240. The van der Waals surface area contributed by atoms with E-state index in [1.165, 1.54) is 77.8 Å². The Kier molecular flexibility index (Phi) is 44.1. The van der Waals surface area contributed by atoms with Crippen molar-refractivity contribution in [3.8, 4) is 17.2 Å². The van der Waals surface area contributed by atoms with Gasteiger partial charge < -0.3 is 0 Å². The maximum atomic E-state index is 11.2. The van der Waals surface area contributed by atoms with E-state index in [9.17, 15) is 69.3 Å². The van der Waals surface area contributed by atoms with Crippen LogP contribution in [0.1, 0.15) is 165 Å². The van der Waals surface area contributed by atoms with Gasteiger partial charge in [-0.2, -0.15) is 0 Å². The van der Waals surface area contributed by atoms with Gasteiger partial charge in [0, 0.05) is 0 Å². The molecule has 133 heavy (non-hydrogen) atoms. The van der Waals surface area contributed by atoms with Gasteiger partial charge >= 0.3 is 868 Å². The summed E-state index contributed by atoms with van der Waals surface area (Å²) in [5.74, 6) is -4.74. The number of carbonyl (C=O) groups is 7. The van der Waals surface area contributed by atoms with Gasteiger partial charge in [0.1, 0.15) is 0 Å². The van der Waals surface area contributed by atoms with E-state index >= 15 is 0 Å². The number of aryl methyl sites for hydroxylation is 4.